The van der Waals surface area contributed by atoms with Crippen molar-refractivity contribution in [1.82, 2.24) is 14.4 Å². The second-order valence-electron chi connectivity index (χ2n) is 11.5. The van der Waals surface area contributed by atoms with E-state index >= 15 is 0 Å². The molecular formula is C30H31N3O2. The second-order valence-corrected chi connectivity index (χ2v) is 11.5. The number of phenolic OH excluding ortho intramolecular Hbond substituents is 1. The highest BCUT2D eigenvalue weighted by molar-refractivity contribution is 5.63. The third-order valence-electron chi connectivity index (χ3n) is 8.81. The topological polar surface area (TPSA) is 70.7 Å². The first-order valence-electron chi connectivity index (χ1n) is 13.0. The number of hydrogen-bond donors (Lipinski definition) is 2. The number of phenols is 1. The molecule has 5 nitrogen and oxygen atoms in total. The predicted octanol–water partition coefficient (Wildman–Crippen LogP) is 6.16. The highest BCUT2D eigenvalue weighted by atomic mass is 16.3. The lowest BCUT2D eigenvalue weighted by atomic mass is 9.48. The number of fused-ring (bicyclic) bond motifs is 1. The summed E-state index contributed by atoms with van der Waals surface area (Å²) in [5.74, 6) is 3.10. The van der Waals surface area contributed by atoms with Gasteiger partial charge in [0.25, 0.3) is 0 Å². The van der Waals surface area contributed by atoms with Gasteiger partial charge in [-0.1, -0.05) is 30.3 Å². The Morgan fingerprint density at radius 3 is 2.11 bits per heavy atom. The zero-order valence-corrected chi connectivity index (χ0v) is 19.9. The van der Waals surface area contributed by atoms with E-state index in [1.54, 1.807) is 12.1 Å². The van der Waals surface area contributed by atoms with Crippen LogP contribution >= 0.6 is 0 Å². The van der Waals surface area contributed by atoms with Crippen LogP contribution in [0.3, 0.4) is 0 Å². The largest absolute Gasteiger partial charge is 0.508 e. The number of nitrogens with zero attached hydrogens (tertiary/aromatic N) is 3. The van der Waals surface area contributed by atoms with Crippen LogP contribution in [0.25, 0.3) is 16.9 Å². The molecule has 2 N–H and O–H groups in total. The molecule has 0 spiro atoms. The number of hydrogen-bond acceptors (Lipinski definition) is 4. The van der Waals surface area contributed by atoms with E-state index in [1.807, 2.05) is 40.9 Å². The van der Waals surface area contributed by atoms with E-state index in [9.17, 15) is 10.2 Å². The van der Waals surface area contributed by atoms with Gasteiger partial charge in [-0.3, -0.25) is 4.40 Å². The SMILES string of the molecule is Oc1ccc(-c2cn3c(O)c(CC45CC6CC(CC(C6)C4)C5)nc3c(Cc3ccccc3)n2)cc1. The van der Waals surface area contributed by atoms with Crippen molar-refractivity contribution < 1.29 is 10.2 Å². The lowest BCUT2D eigenvalue weighted by Gasteiger charge is -2.56. The van der Waals surface area contributed by atoms with Crippen molar-refractivity contribution in [3.8, 4) is 22.9 Å². The summed E-state index contributed by atoms with van der Waals surface area (Å²) in [6, 6.07) is 17.4. The Morgan fingerprint density at radius 2 is 1.46 bits per heavy atom. The Kier molecular flexibility index (Phi) is 4.70. The Balaban J connectivity index is 1.32. The highest BCUT2D eigenvalue weighted by Crippen LogP contribution is 2.61. The molecule has 0 amide bonds. The van der Waals surface area contributed by atoms with Crippen LogP contribution in [0.4, 0.5) is 0 Å². The lowest BCUT2D eigenvalue weighted by Crippen LogP contribution is -2.47. The van der Waals surface area contributed by atoms with E-state index in [-0.39, 0.29) is 11.6 Å². The summed E-state index contributed by atoms with van der Waals surface area (Å²) >= 11 is 0. The highest BCUT2D eigenvalue weighted by Gasteiger charge is 2.51. The van der Waals surface area contributed by atoms with Gasteiger partial charge < -0.3 is 10.2 Å². The van der Waals surface area contributed by atoms with Crippen LogP contribution in [0.5, 0.6) is 11.6 Å². The fraction of sp³-hybridized carbons (Fsp3) is 0.400. The first kappa shape index (κ1) is 21.0. The van der Waals surface area contributed by atoms with Gasteiger partial charge in [0.15, 0.2) is 5.65 Å². The van der Waals surface area contributed by atoms with Crippen molar-refractivity contribution in [2.45, 2.75) is 51.4 Å². The molecule has 0 radical (unpaired) electrons. The first-order chi connectivity index (χ1) is 17.0. The predicted molar refractivity (Wildman–Crippen MR) is 135 cm³/mol. The van der Waals surface area contributed by atoms with Gasteiger partial charge >= 0.3 is 0 Å². The number of benzene rings is 2. The van der Waals surface area contributed by atoms with E-state index in [4.69, 9.17) is 9.97 Å². The van der Waals surface area contributed by atoms with Gasteiger partial charge in [-0.2, -0.15) is 0 Å². The molecule has 4 aliphatic rings. The van der Waals surface area contributed by atoms with Crippen LogP contribution in [0.15, 0.2) is 60.8 Å². The van der Waals surface area contributed by atoms with Crippen molar-refractivity contribution >= 4 is 5.65 Å². The molecule has 4 bridgehead atoms. The molecule has 4 aromatic rings. The summed E-state index contributed by atoms with van der Waals surface area (Å²) in [5, 5.41) is 21.2. The van der Waals surface area contributed by atoms with Crippen LogP contribution < -0.4 is 0 Å². The zero-order valence-electron chi connectivity index (χ0n) is 19.9. The third-order valence-corrected chi connectivity index (χ3v) is 8.81. The monoisotopic (exact) mass is 465 g/mol. The van der Waals surface area contributed by atoms with Gasteiger partial charge in [0.05, 0.1) is 11.4 Å². The molecule has 2 heterocycles. The fourth-order valence-corrected chi connectivity index (χ4v) is 7.80. The average molecular weight is 466 g/mol. The average Bonchev–Trinajstić information content (AvgIpc) is 3.14. The molecule has 4 fully saturated rings. The maximum atomic E-state index is 11.4. The molecule has 35 heavy (non-hydrogen) atoms. The van der Waals surface area contributed by atoms with Crippen molar-refractivity contribution in [3.63, 3.8) is 0 Å². The van der Waals surface area contributed by atoms with Crippen molar-refractivity contribution in [1.29, 1.82) is 0 Å². The molecule has 0 atom stereocenters. The van der Waals surface area contributed by atoms with Gasteiger partial charge in [-0.05, 0) is 91.5 Å². The lowest BCUT2D eigenvalue weighted by molar-refractivity contribution is -0.0528. The summed E-state index contributed by atoms with van der Waals surface area (Å²) in [5.41, 5.74) is 5.55. The van der Waals surface area contributed by atoms with Gasteiger partial charge in [-0.25, -0.2) is 9.97 Å². The van der Waals surface area contributed by atoms with Gasteiger partial charge in [0.1, 0.15) is 11.4 Å². The maximum Gasteiger partial charge on any atom is 0.219 e. The van der Waals surface area contributed by atoms with Crippen LogP contribution in [0.1, 0.15) is 55.5 Å². The van der Waals surface area contributed by atoms with Crippen molar-refractivity contribution in [2.24, 2.45) is 23.2 Å². The molecule has 4 aliphatic carbocycles. The van der Waals surface area contributed by atoms with Crippen molar-refractivity contribution in [3.05, 3.63) is 77.7 Å². The fourth-order valence-electron chi connectivity index (χ4n) is 7.80. The minimum absolute atomic E-state index is 0.225. The quantitative estimate of drug-likeness (QED) is 0.370. The molecule has 2 aromatic carbocycles. The number of imidazole rings is 1. The summed E-state index contributed by atoms with van der Waals surface area (Å²) in [4.78, 5) is 10.0. The Labute approximate surface area is 205 Å². The van der Waals surface area contributed by atoms with Crippen LogP contribution in [0, 0.1) is 23.2 Å². The molecular weight excluding hydrogens is 434 g/mol. The van der Waals surface area contributed by atoms with Gasteiger partial charge in [0.2, 0.25) is 5.88 Å². The number of rotatable bonds is 5. The standard InChI is InChI=1S/C30H31N3O2/c34-24-8-6-23(7-9-24)27-18-33-28(25(31-27)13-19-4-2-1-3-5-19)32-26(29(33)35)17-30-14-20-10-21(15-30)12-22(11-20)16-30/h1-9,18,20-22,34-35H,10-17H2. The van der Waals surface area contributed by atoms with E-state index in [0.717, 1.165) is 58.0 Å². The smallest absolute Gasteiger partial charge is 0.219 e. The van der Waals surface area contributed by atoms with E-state index < -0.39 is 0 Å². The van der Waals surface area contributed by atoms with E-state index in [1.165, 1.54) is 38.5 Å². The summed E-state index contributed by atoms with van der Waals surface area (Å²) < 4.78 is 1.84. The molecule has 2 aromatic heterocycles. The van der Waals surface area contributed by atoms with Gasteiger partial charge in [-0.15, -0.1) is 0 Å². The van der Waals surface area contributed by atoms with Crippen LogP contribution in [-0.4, -0.2) is 24.6 Å². The van der Waals surface area contributed by atoms with Gasteiger partial charge in [0, 0.05) is 24.6 Å². The van der Waals surface area contributed by atoms with Crippen LogP contribution in [-0.2, 0) is 12.8 Å². The summed E-state index contributed by atoms with van der Waals surface area (Å²) in [6.45, 7) is 0. The Hall–Kier alpha value is -3.34. The molecule has 178 valence electrons. The summed E-state index contributed by atoms with van der Waals surface area (Å²) in [7, 11) is 0. The molecule has 0 saturated heterocycles. The van der Waals surface area contributed by atoms with Crippen LogP contribution in [0.2, 0.25) is 0 Å². The zero-order chi connectivity index (χ0) is 23.6. The molecule has 4 saturated carbocycles. The van der Waals surface area contributed by atoms with Crippen molar-refractivity contribution in [2.75, 3.05) is 0 Å². The minimum Gasteiger partial charge on any atom is -0.508 e. The molecule has 0 aliphatic heterocycles. The second kappa shape index (κ2) is 7.84. The first-order valence-corrected chi connectivity index (χ1v) is 13.0. The molecule has 8 rings (SSSR count). The Morgan fingerprint density at radius 1 is 0.800 bits per heavy atom. The minimum atomic E-state index is 0.225. The Bertz CT molecular complexity index is 1360. The third kappa shape index (κ3) is 3.69. The van der Waals surface area contributed by atoms with E-state index in [0.29, 0.717) is 11.8 Å². The summed E-state index contributed by atoms with van der Waals surface area (Å²) in [6.07, 6.45) is 11.5. The maximum absolute atomic E-state index is 11.4. The number of aromatic hydroxyl groups is 2. The normalized spacial score (nSPS) is 27.0. The molecule has 5 heteroatoms. The molecule has 0 unspecified atom stereocenters. The van der Waals surface area contributed by atoms with E-state index in [2.05, 4.69) is 12.1 Å². The number of aromatic nitrogens is 3.